The molecule has 0 aliphatic rings. The van der Waals surface area contributed by atoms with Gasteiger partial charge in [0.25, 0.3) is 5.91 Å². The quantitative estimate of drug-likeness (QED) is 0.863. The van der Waals surface area contributed by atoms with Crippen molar-refractivity contribution >= 4 is 35.0 Å². The predicted octanol–water partition coefficient (Wildman–Crippen LogP) is 2.44. The van der Waals surface area contributed by atoms with Gasteiger partial charge in [-0.25, -0.2) is 9.97 Å². The second-order valence-electron chi connectivity index (χ2n) is 4.75. The molecule has 0 radical (unpaired) electrons. The Balaban J connectivity index is 2.27. The topological polar surface area (TPSA) is 98.0 Å². The van der Waals surface area contributed by atoms with Crippen molar-refractivity contribution in [2.45, 2.75) is 19.4 Å². The normalized spacial score (nSPS) is 11.8. The Hall–Kier alpha value is -2.18. The summed E-state index contributed by atoms with van der Waals surface area (Å²) < 4.78 is 0. The Morgan fingerprint density at radius 1 is 1.22 bits per heavy atom. The molecule has 0 fully saturated rings. The van der Waals surface area contributed by atoms with E-state index < -0.39 is 17.9 Å². The summed E-state index contributed by atoms with van der Waals surface area (Å²) in [5.41, 5.74) is 6.54. The van der Waals surface area contributed by atoms with Crippen molar-refractivity contribution in [2.24, 2.45) is 5.73 Å². The number of primary amides is 1. The Morgan fingerprint density at radius 3 is 2.57 bits per heavy atom. The maximum absolute atomic E-state index is 12.2. The average Bonchev–Trinajstić information content (AvgIpc) is 2.54. The fourth-order valence-electron chi connectivity index (χ4n) is 1.90. The molecule has 0 aliphatic carbocycles. The number of hydrogen-bond donors (Lipinski definition) is 2. The first kappa shape index (κ1) is 17.2. The molecule has 1 heterocycles. The van der Waals surface area contributed by atoms with E-state index in [2.05, 4.69) is 15.3 Å². The van der Waals surface area contributed by atoms with Crippen LogP contribution in [0.3, 0.4) is 0 Å². The van der Waals surface area contributed by atoms with Gasteiger partial charge in [-0.2, -0.15) is 0 Å². The van der Waals surface area contributed by atoms with Crippen molar-refractivity contribution in [2.75, 3.05) is 0 Å². The Bertz CT molecular complexity index is 752. The molecule has 120 valence electrons. The van der Waals surface area contributed by atoms with Gasteiger partial charge < -0.3 is 11.1 Å². The first-order valence-corrected chi connectivity index (χ1v) is 7.55. The van der Waals surface area contributed by atoms with Crippen LogP contribution in [0.1, 0.15) is 23.8 Å². The van der Waals surface area contributed by atoms with E-state index in [1.165, 1.54) is 12.4 Å². The summed E-state index contributed by atoms with van der Waals surface area (Å²) in [5, 5.41) is 3.34. The van der Waals surface area contributed by atoms with Crippen LogP contribution >= 0.6 is 23.2 Å². The van der Waals surface area contributed by atoms with Gasteiger partial charge in [0, 0.05) is 5.56 Å². The van der Waals surface area contributed by atoms with E-state index >= 15 is 0 Å². The number of rotatable bonds is 5. The smallest absolute Gasteiger partial charge is 0.270 e. The fourth-order valence-corrected chi connectivity index (χ4v) is 2.20. The number of hydrogen-bond acceptors (Lipinski definition) is 4. The number of carbonyl (C=O) groups excluding carboxylic acids is 2. The Labute approximate surface area is 143 Å². The molecule has 0 saturated carbocycles. The Kier molecular flexibility index (Phi) is 5.52. The third-order valence-corrected chi connectivity index (χ3v) is 3.91. The molecule has 1 atom stereocenters. The minimum atomic E-state index is -0.745. The number of benzene rings is 1. The van der Waals surface area contributed by atoms with Gasteiger partial charge in [-0.05, 0) is 24.6 Å². The van der Waals surface area contributed by atoms with Crippen LogP contribution in [0.2, 0.25) is 10.0 Å². The van der Waals surface area contributed by atoms with E-state index in [0.29, 0.717) is 27.7 Å². The van der Waals surface area contributed by atoms with Gasteiger partial charge in [0.2, 0.25) is 5.91 Å². The molecule has 0 unspecified atom stereocenters. The maximum atomic E-state index is 12.2. The largest absolute Gasteiger partial charge is 0.368 e. The monoisotopic (exact) mass is 352 g/mol. The fraction of sp³-hybridized carbons (Fsp3) is 0.200. The van der Waals surface area contributed by atoms with Crippen LogP contribution in [0.25, 0.3) is 11.3 Å². The number of nitrogens with one attached hydrogen (secondary N) is 1. The van der Waals surface area contributed by atoms with Crippen LogP contribution in [0.5, 0.6) is 0 Å². The number of carbonyl (C=O) groups is 2. The summed E-state index contributed by atoms with van der Waals surface area (Å²) in [6, 6.07) is 5.78. The van der Waals surface area contributed by atoms with E-state index in [1.54, 1.807) is 25.1 Å². The van der Waals surface area contributed by atoms with Crippen LogP contribution in [-0.2, 0) is 4.79 Å². The highest BCUT2D eigenvalue weighted by Crippen LogP contribution is 2.27. The van der Waals surface area contributed by atoms with Crippen molar-refractivity contribution in [3.05, 3.63) is 46.3 Å². The van der Waals surface area contributed by atoms with Crippen molar-refractivity contribution in [1.82, 2.24) is 15.3 Å². The molecule has 6 nitrogen and oxygen atoms in total. The standard InChI is InChI=1S/C15H14Cl2N4O2/c1-2-11(14(18)22)21-15(23)13-6-12(19-7-20-13)8-3-4-9(16)10(17)5-8/h3-7,11H,2H2,1H3,(H2,18,22)(H,21,23)/t11-/m0/s1. The van der Waals surface area contributed by atoms with Crippen molar-refractivity contribution in [3.63, 3.8) is 0 Å². The zero-order chi connectivity index (χ0) is 17.0. The van der Waals surface area contributed by atoms with Gasteiger partial charge in [0.1, 0.15) is 18.1 Å². The second kappa shape index (κ2) is 7.39. The first-order valence-electron chi connectivity index (χ1n) is 6.80. The molecule has 0 saturated heterocycles. The van der Waals surface area contributed by atoms with Crippen LogP contribution in [0.4, 0.5) is 0 Å². The average molecular weight is 353 g/mol. The molecule has 8 heteroatoms. The van der Waals surface area contributed by atoms with Crippen molar-refractivity contribution < 1.29 is 9.59 Å². The van der Waals surface area contributed by atoms with E-state index in [0.717, 1.165) is 0 Å². The molecule has 3 N–H and O–H groups in total. The van der Waals surface area contributed by atoms with Crippen molar-refractivity contribution in [3.8, 4) is 11.3 Å². The lowest BCUT2D eigenvalue weighted by molar-refractivity contribution is -0.119. The predicted molar refractivity (Wildman–Crippen MR) is 88.2 cm³/mol. The first-order chi connectivity index (χ1) is 10.9. The van der Waals surface area contributed by atoms with Gasteiger partial charge >= 0.3 is 0 Å². The summed E-state index contributed by atoms with van der Waals surface area (Å²) >= 11 is 11.9. The third kappa shape index (κ3) is 4.18. The highest BCUT2D eigenvalue weighted by molar-refractivity contribution is 6.42. The van der Waals surface area contributed by atoms with Crippen LogP contribution in [0.15, 0.2) is 30.6 Å². The molecule has 2 amide bonds. The summed E-state index contributed by atoms with van der Waals surface area (Å²) in [5.74, 6) is -1.10. The minimum Gasteiger partial charge on any atom is -0.368 e. The molecule has 0 spiro atoms. The van der Waals surface area contributed by atoms with Crippen LogP contribution in [-0.4, -0.2) is 27.8 Å². The lowest BCUT2D eigenvalue weighted by Crippen LogP contribution is -2.44. The summed E-state index contributed by atoms with van der Waals surface area (Å²) in [4.78, 5) is 31.4. The number of nitrogens with two attached hydrogens (primary N) is 1. The van der Waals surface area contributed by atoms with E-state index in [9.17, 15) is 9.59 Å². The number of aromatic nitrogens is 2. The van der Waals surface area contributed by atoms with E-state index in [1.807, 2.05) is 0 Å². The van der Waals surface area contributed by atoms with Crippen LogP contribution in [0, 0.1) is 0 Å². The molecule has 2 rings (SSSR count). The summed E-state index contributed by atoms with van der Waals surface area (Å²) in [6.45, 7) is 1.75. The highest BCUT2D eigenvalue weighted by Gasteiger charge is 2.18. The van der Waals surface area contributed by atoms with E-state index in [4.69, 9.17) is 28.9 Å². The van der Waals surface area contributed by atoms with Gasteiger partial charge in [-0.3, -0.25) is 9.59 Å². The zero-order valence-corrected chi connectivity index (χ0v) is 13.7. The minimum absolute atomic E-state index is 0.126. The maximum Gasteiger partial charge on any atom is 0.270 e. The number of amides is 2. The molecule has 0 bridgehead atoms. The highest BCUT2D eigenvalue weighted by atomic mass is 35.5. The SMILES string of the molecule is CC[C@H](NC(=O)c1cc(-c2ccc(Cl)c(Cl)c2)ncn1)C(N)=O. The molecular weight excluding hydrogens is 339 g/mol. The number of halogens is 2. The second-order valence-corrected chi connectivity index (χ2v) is 5.57. The van der Waals surface area contributed by atoms with Crippen LogP contribution < -0.4 is 11.1 Å². The van der Waals surface area contributed by atoms with E-state index in [-0.39, 0.29) is 5.69 Å². The van der Waals surface area contributed by atoms with Gasteiger partial charge in [-0.1, -0.05) is 36.2 Å². The van der Waals surface area contributed by atoms with Gasteiger partial charge in [0.05, 0.1) is 15.7 Å². The lowest BCUT2D eigenvalue weighted by atomic mass is 10.1. The third-order valence-electron chi connectivity index (χ3n) is 3.17. The molecule has 1 aromatic carbocycles. The molecular formula is C15H14Cl2N4O2. The van der Waals surface area contributed by atoms with Gasteiger partial charge in [0.15, 0.2) is 0 Å². The molecule has 0 aliphatic heterocycles. The lowest BCUT2D eigenvalue weighted by Gasteiger charge is -2.13. The Morgan fingerprint density at radius 2 is 1.96 bits per heavy atom. The zero-order valence-electron chi connectivity index (χ0n) is 12.2. The molecule has 23 heavy (non-hydrogen) atoms. The molecule has 2 aromatic rings. The number of nitrogens with zero attached hydrogens (tertiary/aromatic N) is 2. The summed E-state index contributed by atoms with van der Waals surface area (Å²) in [6.07, 6.45) is 1.66. The molecule has 1 aromatic heterocycles. The summed E-state index contributed by atoms with van der Waals surface area (Å²) in [7, 11) is 0. The van der Waals surface area contributed by atoms with Crippen molar-refractivity contribution in [1.29, 1.82) is 0 Å². The van der Waals surface area contributed by atoms with Gasteiger partial charge in [-0.15, -0.1) is 0 Å².